The Morgan fingerprint density at radius 2 is 1.75 bits per heavy atom. The van der Waals surface area contributed by atoms with Crippen molar-refractivity contribution in [3.63, 3.8) is 0 Å². The van der Waals surface area contributed by atoms with Gasteiger partial charge < -0.3 is 5.11 Å². The van der Waals surface area contributed by atoms with E-state index in [9.17, 15) is 9.59 Å². The molecule has 0 amide bonds. The third-order valence-electron chi connectivity index (χ3n) is 2.93. The summed E-state index contributed by atoms with van der Waals surface area (Å²) >= 11 is 0. The maximum absolute atomic E-state index is 12.3. The Bertz CT molecular complexity index is 853. The highest BCUT2D eigenvalue weighted by Gasteiger charge is 2.08. The van der Waals surface area contributed by atoms with E-state index in [1.807, 2.05) is 0 Å². The monoisotopic (exact) mass is 267 g/mol. The van der Waals surface area contributed by atoms with Crippen LogP contribution in [-0.2, 0) is 0 Å². The van der Waals surface area contributed by atoms with Gasteiger partial charge in [-0.15, -0.1) is 5.10 Å². The second-order valence-corrected chi connectivity index (χ2v) is 4.18. The van der Waals surface area contributed by atoms with Gasteiger partial charge in [0.2, 0.25) is 0 Å². The quantitative estimate of drug-likeness (QED) is 0.760. The SMILES string of the molecule is O=C(O)c1ccc(-n2nnc3ccccc3c2=O)cc1. The van der Waals surface area contributed by atoms with Crippen LogP contribution < -0.4 is 5.56 Å². The maximum atomic E-state index is 12.3. The summed E-state index contributed by atoms with van der Waals surface area (Å²) in [6.45, 7) is 0. The molecule has 6 heteroatoms. The maximum Gasteiger partial charge on any atom is 0.335 e. The van der Waals surface area contributed by atoms with Gasteiger partial charge >= 0.3 is 5.97 Å². The molecule has 20 heavy (non-hydrogen) atoms. The molecule has 0 fully saturated rings. The third kappa shape index (κ3) is 1.93. The summed E-state index contributed by atoms with van der Waals surface area (Å²) < 4.78 is 1.15. The molecule has 0 atom stereocenters. The van der Waals surface area contributed by atoms with Crippen molar-refractivity contribution in [2.45, 2.75) is 0 Å². The summed E-state index contributed by atoms with van der Waals surface area (Å²) in [5.74, 6) is -1.02. The molecule has 0 unspecified atom stereocenters. The van der Waals surface area contributed by atoms with E-state index in [2.05, 4.69) is 10.3 Å². The summed E-state index contributed by atoms with van der Waals surface area (Å²) in [6, 6.07) is 12.8. The summed E-state index contributed by atoms with van der Waals surface area (Å²) in [4.78, 5) is 23.1. The average Bonchev–Trinajstić information content (AvgIpc) is 2.48. The Balaban J connectivity index is 2.17. The first-order chi connectivity index (χ1) is 9.66. The molecule has 0 aliphatic rings. The zero-order valence-corrected chi connectivity index (χ0v) is 10.2. The lowest BCUT2D eigenvalue weighted by atomic mass is 10.2. The fourth-order valence-corrected chi connectivity index (χ4v) is 1.90. The molecule has 1 heterocycles. The first-order valence-electron chi connectivity index (χ1n) is 5.85. The van der Waals surface area contributed by atoms with Gasteiger partial charge in [0.25, 0.3) is 5.56 Å². The van der Waals surface area contributed by atoms with E-state index in [-0.39, 0.29) is 11.1 Å². The minimum atomic E-state index is -1.02. The summed E-state index contributed by atoms with van der Waals surface area (Å²) in [5, 5.41) is 17.1. The van der Waals surface area contributed by atoms with Gasteiger partial charge in [0.15, 0.2) is 0 Å². The van der Waals surface area contributed by atoms with E-state index >= 15 is 0 Å². The molecule has 0 radical (unpaired) electrons. The van der Waals surface area contributed by atoms with Crippen LogP contribution in [0.15, 0.2) is 53.3 Å². The van der Waals surface area contributed by atoms with Crippen LogP contribution in [0.1, 0.15) is 10.4 Å². The standard InChI is InChI=1S/C14H9N3O3/c18-13-11-3-1-2-4-12(11)15-16-17(13)10-7-5-9(6-8-10)14(19)20/h1-8H,(H,19,20). The third-order valence-corrected chi connectivity index (χ3v) is 2.93. The van der Waals surface area contributed by atoms with E-state index in [1.54, 1.807) is 24.3 Å². The Labute approximate surface area is 112 Å². The molecule has 3 aromatic rings. The van der Waals surface area contributed by atoms with Gasteiger partial charge in [-0.2, -0.15) is 4.68 Å². The molecule has 0 aliphatic heterocycles. The fourth-order valence-electron chi connectivity index (χ4n) is 1.90. The molecule has 98 valence electrons. The molecule has 1 aromatic heterocycles. The number of aromatic nitrogens is 3. The van der Waals surface area contributed by atoms with Crippen LogP contribution in [0.3, 0.4) is 0 Å². The van der Waals surface area contributed by atoms with Gasteiger partial charge in [-0.25, -0.2) is 4.79 Å². The first-order valence-corrected chi connectivity index (χ1v) is 5.85. The summed E-state index contributed by atoms with van der Waals surface area (Å²) in [7, 11) is 0. The Morgan fingerprint density at radius 3 is 2.45 bits per heavy atom. The number of fused-ring (bicyclic) bond motifs is 1. The fraction of sp³-hybridized carbons (Fsp3) is 0. The number of nitrogens with zero attached hydrogens (tertiary/aromatic N) is 3. The smallest absolute Gasteiger partial charge is 0.335 e. The van der Waals surface area contributed by atoms with Gasteiger partial charge in [0, 0.05) is 0 Å². The van der Waals surface area contributed by atoms with Crippen LogP contribution in [0.4, 0.5) is 0 Å². The highest BCUT2D eigenvalue weighted by Crippen LogP contribution is 2.09. The number of carboxylic acids is 1. The van der Waals surface area contributed by atoms with Crippen LogP contribution in [0.2, 0.25) is 0 Å². The van der Waals surface area contributed by atoms with Gasteiger partial charge in [0.05, 0.1) is 16.6 Å². The van der Waals surface area contributed by atoms with Crippen molar-refractivity contribution in [1.29, 1.82) is 0 Å². The molecule has 3 rings (SSSR count). The predicted octanol–water partition coefficient (Wildman–Crippen LogP) is 1.48. The van der Waals surface area contributed by atoms with Gasteiger partial charge in [-0.1, -0.05) is 17.3 Å². The lowest BCUT2D eigenvalue weighted by Gasteiger charge is -2.04. The normalized spacial score (nSPS) is 10.6. The second-order valence-electron chi connectivity index (χ2n) is 4.18. The Kier molecular flexibility index (Phi) is 2.76. The zero-order chi connectivity index (χ0) is 14.1. The lowest BCUT2D eigenvalue weighted by molar-refractivity contribution is 0.0697. The molecular weight excluding hydrogens is 258 g/mol. The van der Waals surface area contributed by atoms with Gasteiger partial charge in [-0.05, 0) is 36.4 Å². The highest BCUT2D eigenvalue weighted by atomic mass is 16.4. The second kappa shape index (κ2) is 4.58. The number of hydrogen-bond acceptors (Lipinski definition) is 4. The molecular formula is C14H9N3O3. The van der Waals surface area contributed by atoms with Crippen molar-refractivity contribution >= 4 is 16.9 Å². The van der Waals surface area contributed by atoms with Gasteiger partial charge in [-0.3, -0.25) is 4.79 Å². The number of rotatable bonds is 2. The Morgan fingerprint density at radius 1 is 1.05 bits per heavy atom. The molecule has 0 saturated heterocycles. The van der Waals surface area contributed by atoms with E-state index < -0.39 is 5.97 Å². The largest absolute Gasteiger partial charge is 0.478 e. The highest BCUT2D eigenvalue weighted by molar-refractivity contribution is 5.87. The van der Waals surface area contributed by atoms with Crippen LogP contribution >= 0.6 is 0 Å². The molecule has 0 spiro atoms. The zero-order valence-electron chi connectivity index (χ0n) is 10.2. The van der Waals surface area contributed by atoms with Crippen molar-refractivity contribution in [2.24, 2.45) is 0 Å². The molecule has 0 aliphatic carbocycles. The molecule has 0 bridgehead atoms. The van der Waals surface area contributed by atoms with E-state index in [0.717, 1.165) is 4.68 Å². The summed E-state index contributed by atoms with van der Waals surface area (Å²) in [6.07, 6.45) is 0. The molecule has 0 saturated carbocycles. The first kappa shape index (κ1) is 12.0. The lowest BCUT2D eigenvalue weighted by Crippen LogP contribution is -2.22. The minimum absolute atomic E-state index is 0.149. The Hall–Kier alpha value is -3.02. The van der Waals surface area contributed by atoms with Crippen LogP contribution in [0.25, 0.3) is 16.6 Å². The van der Waals surface area contributed by atoms with Crippen molar-refractivity contribution in [2.75, 3.05) is 0 Å². The van der Waals surface area contributed by atoms with Gasteiger partial charge in [0.1, 0.15) is 5.52 Å². The van der Waals surface area contributed by atoms with Crippen LogP contribution in [0, 0.1) is 0 Å². The number of hydrogen-bond donors (Lipinski definition) is 1. The molecule has 6 nitrogen and oxygen atoms in total. The topological polar surface area (TPSA) is 85.1 Å². The van der Waals surface area contributed by atoms with Crippen molar-refractivity contribution < 1.29 is 9.90 Å². The number of carboxylic acid groups (broad SMARTS) is 1. The van der Waals surface area contributed by atoms with E-state index in [1.165, 1.54) is 24.3 Å². The van der Waals surface area contributed by atoms with E-state index in [4.69, 9.17) is 5.11 Å². The molecule has 2 aromatic carbocycles. The summed E-state index contributed by atoms with van der Waals surface area (Å²) in [5.41, 5.74) is 0.850. The average molecular weight is 267 g/mol. The number of benzene rings is 2. The van der Waals surface area contributed by atoms with Crippen LogP contribution in [-0.4, -0.2) is 26.1 Å². The number of aromatic carboxylic acids is 1. The molecule has 1 N–H and O–H groups in total. The van der Waals surface area contributed by atoms with Crippen molar-refractivity contribution in [1.82, 2.24) is 15.0 Å². The van der Waals surface area contributed by atoms with Crippen molar-refractivity contribution in [3.8, 4) is 5.69 Å². The minimum Gasteiger partial charge on any atom is -0.478 e. The van der Waals surface area contributed by atoms with Crippen LogP contribution in [0.5, 0.6) is 0 Å². The predicted molar refractivity (Wildman–Crippen MR) is 72.1 cm³/mol. The number of carbonyl (C=O) groups is 1. The van der Waals surface area contributed by atoms with E-state index in [0.29, 0.717) is 16.6 Å². The van der Waals surface area contributed by atoms with Crippen molar-refractivity contribution in [3.05, 3.63) is 64.4 Å².